The second-order valence-electron chi connectivity index (χ2n) is 5.17. The van der Waals surface area contributed by atoms with Crippen molar-refractivity contribution < 1.29 is 4.74 Å². The number of nitrogens with zero attached hydrogens (tertiary/aromatic N) is 2. The summed E-state index contributed by atoms with van der Waals surface area (Å²) in [4.78, 5) is 5.78. The smallest absolute Gasteiger partial charge is 0.196 e. The van der Waals surface area contributed by atoms with Gasteiger partial charge in [-0.05, 0) is 41.1 Å². The normalized spacial score (nSPS) is 11.4. The van der Waals surface area contributed by atoms with Gasteiger partial charge < -0.3 is 4.74 Å². The number of aromatic nitrogens is 2. The fraction of sp³-hybridized carbons (Fsp3) is 0.118. The van der Waals surface area contributed by atoms with E-state index in [1.165, 1.54) is 5.56 Å². The summed E-state index contributed by atoms with van der Waals surface area (Å²) < 4.78 is 9.60. The second-order valence-corrected chi connectivity index (χ2v) is 6.93. The number of imidazole rings is 1. The molecule has 2 heterocycles. The third-order valence-electron chi connectivity index (χ3n) is 3.72. The molecule has 0 fully saturated rings. The summed E-state index contributed by atoms with van der Waals surface area (Å²) in [7, 11) is 1.69. The fourth-order valence-corrected chi connectivity index (χ4v) is 4.39. The number of fused-ring (bicyclic) bond motifs is 3. The van der Waals surface area contributed by atoms with Crippen LogP contribution in [0.25, 0.3) is 26.4 Å². The van der Waals surface area contributed by atoms with E-state index in [-0.39, 0.29) is 0 Å². The predicted octanol–water partition coefficient (Wildman–Crippen LogP) is 5.30. The molecule has 0 saturated carbocycles. The number of benzene rings is 2. The minimum atomic E-state index is 0.867. The molecule has 4 rings (SSSR count). The van der Waals surface area contributed by atoms with Crippen LogP contribution in [0.1, 0.15) is 5.56 Å². The summed E-state index contributed by atoms with van der Waals surface area (Å²) in [6.07, 6.45) is 0. The maximum Gasteiger partial charge on any atom is 0.196 e. The van der Waals surface area contributed by atoms with Crippen molar-refractivity contribution in [1.82, 2.24) is 9.38 Å². The molecule has 0 atom stereocenters. The van der Waals surface area contributed by atoms with E-state index in [1.54, 1.807) is 18.4 Å². The first kappa shape index (κ1) is 13.8. The lowest BCUT2D eigenvalue weighted by Crippen LogP contribution is -1.84. The van der Waals surface area contributed by atoms with E-state index >= 15 is 0 Å². The molecule has 2 aromatic carbocycles. The first-order chi connectivity index (χ1) is 10.7. The molecular weight excluding hydrogens is 360 g/mol. The lowest BCUT2D eigenvalue weighted by molar-refractivity contribution is 0.415. The van der Waals surface area contributed by atoms with Crippen LogP contribution in [-0.4, -0.2) is 16.5 Å². The van der Waals surface area contributed by atoms with Crippen LogP contribution in [0.5, 0.6) is 5.75 Å². The van der Waals surface area contributed by atoms with Gasteiger partial charge >= 0.3 is 0 Å². The quantitative estimate of drug-likeness (QED) is 0.477. The van der Waals surface area contributed by atoms with E-state index in [0.717, 1.165) is 36.8 Å². The molecule has 0 aliphatic rings. The summed E-state index contributed by atoms with van der Waals surface area (Å²) in [5.74, 6) is 0.867. The topological polar surface area (TPSA) is 26.5 Å². The number of rotatable bonds is 2. The monoisotopic (exact) mass is 372 g/mol. The van der Waals surface area contributed by atoms with Gasteiger partial charge in [0.1, 0.15) is 16.0 Å². The minimum Gasteiger partial charge on any atom is -0.497 e. The Balaban J connectivity index is 1.96. The number of hydrogen-bond acceptors (Lipinski definition) is 3. The molecular formula is C17H13BrN2OS. The molecule has 4 aromatic rings. The van der Waals surface area contributed by atoms with E-state index in [0.29, 0.717) is 0 Å². The number of hydrogen-bond donors (Lipinski definition) is 0. The van der Waals surface area contributed by atoms with Crippen molar-refractivity contribution in [2.75, 3.05) is 7.11 Å². The number of ether oxygens (including phenoxy) is 1. The Bertz CT molecular complexity index is 985. The molecule has 0 aliphatic heterocycles. The average Bonchev–Trinajstić information content (AvgIpc) is 3.04. The number of methoxy groups -OCH3 is 1. The maximum absolute atomic E-state index is 5.29. The predicted molar refractivity (Wildman–Crippen MR) is 95.0 cm³/mol. The van der Waals surface area contributed by atoms with Gasteiger partial charge in [0.25, 0.3) is 0 Å². The molecule has 22 heavy (non-hydrogen) atoms. The van der Waals surface area contributed by atoms with Gasteiger partial charge in [0.2, 0.25) is 0 Å². The van der Waals surface area contributed by atoms with Crippen molar-refractivity contribution in [1.29, 1.82) is 0 Å². The van der Waals surface area contributed by atoms with E-state index in [2.05, 4.69) is 57.6 Å². The van der Waals surface area contributed by atoms with Crippen LogP contribution in [0, 0.1) is 6.92 Å². The number of aryl methyl sites for hydroxylation is 1. The van der Waals surface area contributed by atoms with Gasteiger partial charge in [-0.3, -0.25) is 4.40 Å². The van der Waals surface area contributed by atoms with Gasteiger partial charge in [0.05, 0.1) is 17.3 Å². The zero-order chi connectivity index (χ0) is 15.3. The molecule has 0 spiro atoms. The standard InChI is InChI=1S/C17H13BrN2OS/c1-10-3-5-11(6-4-10)15-16(18)20-13-8-7-12(21-2)9-14(13)22-17(20)19-15/h3-9H,1-2H3. The first-order valence-electron chi connectivity index (χ1n) is 6.89. The highest BCUT2D eigenvalue weighted by Gasteiger charge is 2.16. The number of halogens is 1. The van der Waals surface area contributed by atoms with Gasteiger partial charge in [-0.2, -0.15) is 0 Å². The Kier molecular flexibility index (Phi) is 3.20. The first-order valence-corrected chi connectivity index (χ1v) is 8.50. The highest BCUT2D eigenvalue weighted by Crippen LogP contribution is 2.36. The van der Waals surface area contributed by atoms with Crippen molar-refractivity contribution in [2.24, 2.45) is 0 Å². The average molecular weight is 373 g/mol. The summed E-state index contributed by atoms with van der Waals surface area (Å²) in [5, 5.41) is 0. The zero-order valence-corrected chi connectivity index (χ0v) is 14.5. The van der Waals surface area contributed by atoms with Gasteiger partial charge in [-0.25, -0.2) is 4.98 Å². The van der Waals surface area contributed by atoms with Crippen LogP contribution in [0.15, 0.2) is 47.1 Å². The Morgan fingerprint density at radius 2 is 1.91 bits per heavy atom. The van der Waals surface area contributed by atoms with Crippen LogP contribution < -0.4 is 4.74 Å². The zero-order valence-electron chi connectivity index (χ0n) is 12.1. The second kappa shape index (κ2) is 5.11. The Morgan fingerprint density at radius 3 is 2.64 bits per heavy atom. The Hall–Kier alpha value is -1.85. The van der Waals surface area contributed by atoms with Crippen LogP contribution >= 0.6 is 27.3 Å². The maximum atomic E-state index is 5.29. The molecule has 0 radical (unpaired) electrons. The molecule has 0 saturated heterocycles. The number of thiazole rings is 1. The third-order valence-corrected chi connectivity index (χ3v) is 5.46. The highest BCUT2D eigenvalue weighted by atomic mass is 79.9. The molecule has 5 heteroatoms. The van der Waals surface area contributed by atoms with Crippen molar-refractivity contribution >= 4 is 42.4 Å². The van der Waals surface area contributed by atoms with Crippen LogP contribution in [-0.2, 0) is 0 Å². The molecule has 0 bridgehead atoms. The largest absolute Gasteiger partial charge is 0.497 e. The lowest BCUT2D eigenvalue weighted by Gasteiger charge is -2.01. The fourth-order valence-electron chi connectivity index (χ4n) is 2.54. The molecule has 0 amide bonds. The molecule has 0 unspecified atom stereocenters. The summed E-state index contributed by atoms with van der Waals surface area (Å²) in [6, 6.07) is 14.5. The van der Waals surface area contributed by atoms with Crippen molar-refractivity contribution in [2.45, 2.75) is 6.92 Å². The van der Waals surface area contributed by atoms with Crippen LogP contribution in [0.2, 0.25) is 0 Å². The van der Waals surface area contributed by atoms with Crippen molar-refractivity contribution in [3.05, 3.63) is 52.6 Å². The summed E-state index contributed by atoms with van der Waals surface area (Å²) >= 11 is 5.38. The highest BCUT2D eigenvalue weighted by molar-refractivity contribution is 9.10. The molecule has 3 nitrogen and oxygen atoms in total. The van der Waals surface area contributed by atoms with Crippen LogP contribution in [0.4, 0.5) is 0 Å². The van der Waals surface area contributed by atoms with E-state index in [1.807, 2.05) is 12.1 Å². The third kappa shape index (κ3) is 2.04. The SMILES string of the molecule is COc1ccc2c(c1)sc1nc(-c3ccc(C)cc3)c(Br)n12. The van der Waals surface area contributed by atoms with Gasteiger partial charge in [-0.15, -0.1) is 0 Å². The van der Waals surface area contributed by atoms with E-state index in [4.69, 9.17) is 9.72 Å². The van der Waals surface area contributed by atoms with E-state index < -0.39 is 0 Å². The minimum absolute atomic E-state index is 0.867. The summed E-state index contributed by atoms with van der Waals surface area (Å²) in [5.41, 5.74) is 4.48. The molecule has 0 N–H and O–H groups in total. The molecule has 2 aromatic heterocycles. The van der Waals surface area contributed by atoms with Crippen molar-refractivity contribution in [3.63, 3.8) is 0 Å². The van der Waals surface area contributed by atoms with E-state index in [9.17, 15) is 0 Å². The van der Waals surface area contributed by atoms with Gasteiger partial charge in [0, 0.05) is 5.56 Å². The van der Waals surface area contributed by atoms with Crippen molar-refractivity contribution in [3.8, 4) is 17.0 Å². The molecule has 0 aliphatic carbocycles. The molecule has 110 valence electrons. The Morgan fingerprint density at radius 1 is 1.14 bits per heavy atom. The van der Waals surface area contributed by atoms with Gasteiger partial charge in [-0.1, -0.05) is 41.2 Å². The van der Waals surface area contributed by atoms with Crippen LogP contribution in [0.3, 0.4) is 0 Å². The lowest BCUT2D eigenvalue weighted by atomic mass is 10.1. The Labute approximate surface area is 140 Å². The summed E-state index contributed by atoms with van der Waals surface area (Å²) in [6.45, 7) is 2.09. The van der Waals surface area contributed by atoms with Gasteiger partial charge in [0.15, 0.2) is 4.96 Å².